The van der Waals surface area contributed by atoms with Crippen molar-refractivity contribution in [2.45, 2.75) is 26.2 Å². The van der Waals surface area contributed by atoms with Gasteiger partial charge in [0.2, 0.25) is 0 Å². The van der Waals surface area contributed by atoms with Crippen molar-refractivity contribution in [3.05, 3.63) is 35.9 Å². The van der Waals surface area contributed by atoms with Gasteiger partial charge in [0.05, 0.1) is 0 Å². The van der Waals surface area contributed by atoms with Crippen LogP contribution in [0.5, 0.6) is 0 Å². The normalized spacial score (nSPS) is 8.75. The average molecular weight is 157 g/mol. The molecule has 0 amide bonds. The molecule has 0 bridgehead atoms. The molecule has 0 unspecified atom stereocenters. The van der Waals surface area contributed by atoms with Gasteiger partial charge in [0.25, 0.3) is 0 Å². The van der Waals surface area contributed by atoms with Gasteiger partial charge in [0.15, 0.2) is 0 Å². The van der Waals surface area contributed by atoms with E-state index in [4.69, 9.17) is 0 Å². The molecule has 1 radical (unpaired) electrons. The first-order chi connectivity index (χ1) is 5.93. The van der Waals surface area contributed by atoms with E-state index in [1.807, 2.05) is 24.3 Å². The summed E-state index contributed by atoms with van der Waals surface area (Å²) in [7, 11) is 0. The van der Waals surface area contributed by atoms with E-state index in [0.717, 1.165) is 12.0 Å². The molecule has 0 spiro atoms. The number of rotatable bonds is 2. The second kappa shape index (κ2) is 5.43. The standard InChI is InChI=1S/C12H13/c1-2-3-4-6-9-12-10-7-5-8-11-12/h7-8,10-11H,2-4H2,1H3. The molecule has 0 saturated heterocycles. The van der Waals surface area contributed by atoms with Gasteiger partial charge in [-0.1, -0.05) is 37.3 Å². The molecule has 0 heterocycles. The van der Waals surface area contributed by atoms with E-state index in [-0.39, 0.29) is 0 Å². The Bertz CT molecular complexity index is 261. The van der Waals surface area contributed by atoms with Crippen LogP contribution in [-0.2, 0) is 0 Å². The first-order valence-corrected chi connectivity index (χ1v) is 4.38. The van der Waals surface area contributed by atoms with Crippen molar-refractivity contribution < 1.29 is 0 Å². The summed E-state index contributed by atoms with van der Waals surface area (Å²) in [5.41, 5.74) is 1.09. The Kier molecular flexibility index (Phi) is 4.02. The van der Waals surface area contributed by atoms with Crippen LogP contribution in [0.1, 0.15) is 31.7 Å². The molecule has 0 N–H and O–H groups in total. The first kappa shape index (κ1) is 8.87. The summed E-state index contributed by atoms with van der Waals surface area (Å²) in [5, 5.41) is 0. The summed E-state index contributed by atoms with van der Waals surface area (Å²) in [6.07, 6.45) is 3.43. The zero-order valence-electron chi connectivity index (χ0n) is 7.43. The van der Waals surface area contributed by atoms with Gasteiger partial charge in [-0.3, -0.25) is 0 Å². The van der Waals surface area contributed by atoms with Crippen LogP contribution >= 0.6 is 0 Å². The fraction of sp³-hybridized carbons (Fsp3) is 0.333. The lowest BCUT2D eigenvalue weighted by Crippen LogP contribution is -1.72. The Morgan fingerprint density at radius 2 is 2.08 bits per heavy atom. The van der Waals surface area contributed by atoms with Gasteiger partial charge in [0, 0.05) is 12.0 Å². The van der Waals surface area contributed by atoms with Crippen LogP contribution in [0.15, 0.2) is 24.3 Å². The maximum absolute atomic E-state index is 3.14. The zero-order chi connectivity index (χ0) is 8.65. The van der Waals surface area contributed by atoms with Gasteiger partial charge in [-0.25, -0.2) is 0 Å². The van der Waals surface area contributed by atoms with E-state index in [1.54, 1.807) is 0 Å². The van der Waals surface area contributed by atoms with Crippen molar-refractivity contribution in [1.82, 2.24) is 0 Å². The lowest BCUT2D eigenvalue weighted by molar-refractivity contribution is 0.828. The molecule has 0 aliphatic carbocycles. The summed E-state index contributed by atoms with van der Waals surface area (Å²) in [4.78, 5) is 0. The fourth-order valence-corrected chi connectivity index (χ4v) is 0.900. The van der Waals surface area contributed by atoms with Gasteiger partial charge in [-0.15, -0.1) is 0 Å². The highest BCUT2D eigenvalue weighted by Gasteiger charge is 1.81. The predicted molar refractivity (Wildman–Crippen MR) is 51.7 cm³/mol. The summed E-state index contributed by atoms with van der Waals surface area (Å²) >= 11 is 0. The second-order valence-electron chi connectivity index (χ2n) is 2.69. The third kappa shape index (κ3) is 3.25. The zero-order valence-corrected chi connectivity index (χ0v) is 7.43. The van der Waals surface area contributed by atoms with E-state index in [0.29, 0.717) is 0 Å². The van der Waals surface area contributed by atoms with Crippen LogP contribution < -0.4 is 0 Å². The number of hydrogen-bond acceptors (Lipinski definition) is 0. The molecule has 0 nitrogen and oxygen atoms in total. The Labute approximate surface area is 74.6 Å². The number of benzene rings is 1. The maximum atomic E-state index is 3.14. The van der Waals surface area contributed by atoms with E-state index < -0.39 is 0 Å². The summed E-state index contributed by atoms with van der Waals surface area (Å²) in [6, 6.07) is 10.7. The van der Waals surface area contributed by atoms with E-state index in [1.165, 1.54) is 12.8 Å². The molecule has 0 heteroatoms. The molecule has 1 aromatic rings. The highest BCUT2D eigenvalue weighted by atomic mass is 13.8. The molecule has 1 aromatic carbocycles. The van der Waals surface area contributed by atoms with E-state index in [2.05, 4.69) is 24.8 Å². The van der Waals surface area contributed by atoms with Gasteiger partial charge in [0.1, 0.15) is 0 Å². The Morgan fingerprint density at radius 1 is 1.33 bits per heavy atom. The molecular weight excluding hydrogens is 144 g/mol. The van der Waals surface area contributed by atoms with Gasteiger partial charge < -0.3 is 0 Å². The van der Waals surface area contributed by atoms with Crippen LogP contribution in [0.4, 0.5) is 0 Å². The second-order valence-corrected chi connectivity index (χ2v) is 2.69. The van der Waals surface area contributed by atoms with Gasteiger partial charge >= 0.3 is 0 Å². The summed E-state index contributed by atoms with van der Waals surface area (Å²) in [5.74, 6) is 6.25. The molecule has 12 heavy (non-hydrogen) atoms. The van der Waals surface area contributed by atoms with E-state index in [9.17, 15) is 0 Å². The van der Waals surface area contributed by atoms with Crippen molar-refractivity contribution >= 4 is 0 Å². The molecule has 0 atom stereocenters. The predicted octanol–water partition coefficient (Wildman–Crippen LogP) is 3.03. The lowest BCUT2D eigenvalue weighted by Gasteiger charge is -1.86. The SMILES string of the molecule is CCCCC#Cc1cc[c]cc1. The average Bonchev–Trinajstić information content (AvgIpc) is 2.14. The Morgan fingerprint density at radius 3 is 2.75 bits per heavy atom. The van der Waals surface area contributed by atoms with Crippen molar-refractivity contribution in [3.63, 3.8) is 0 Å². The topological polar surface area (TPSA) is 0 Å². The number of hydrogen-bond donors (Lipinski definition) is 0. The van der Waals surface area contributed by atoms with Crippen LogP contribution in [0.25, 0.3) is 0 Å². The van der Waals surface area contributed by atoms with Crippen molar-refractivity contribution in [2.75, 3.05) is 0 Å². The summed E-state index contributed by atoms with van der Waals surface area (Å²) in [6.45, 7) is 2.18. The summed E-state index contributed by atoms with van der Waals surface area (Å²) < 4.78 is 0. The molecule has 0 aromatic heterocycles. The van der Waals surface area contributed by atoms with Crippen LogP contribution in [0.3, 0.4) is 0 Å². The molecule has 0 fully saturated rings. The van der Waals surface area contributed by atoms with E-state index >= 15 is 0 Å². The molecule has 0 aliphatic rings. The van der Waals surface area contributed by atoms with Crippen LogP contribution in [-0.4, -0.2) is 0 Å². The molecule has 1 rings (SSSR count). The molecular formula is C12H13. The smallest absolute Gasteiger partial charge is 0.0245 e. The monoisotopic (exact) mass is 157 g/mol. The largest absolute Gasteiger partial charge is 0.0979 e. The lowest BCUT2D eigenvalue weighted by atomic mass is 10.2. The minimum atomic E-state index is 1.01. The quantitative estimate of drug-likeness (QED) is 0.457. The Balaban J connectivity index is 2.44. The fourth-order valence-electron chi connectivity index (χ4n) is 0.900. The van der Waals surface area contributed by atoms with Crippen molar-refractivity contribution in [3.8, 4) is 11.8 Å². The highest BCUT2D eigenvalue weighted by molar-refractivity contribution is 5.33. The minimum absolute atomic E-state index is 1.01. The van der Waals surface area contributed by atoms with Crippen LogP contribution in [0, 0.1) is 17.9 Å². The number of unbranched alkanes of at least 4 members (excludes halogenated alkanes) is 2. The third-order valence-corrected chi connectivity index (χ3v) is 1.61. The first-order valence-electron chi connectivity index (χ1n) is 4.38. The maximum Gasteiger partial charge on any atom is 0.0245 e. The van der Waals surface area contributed by atoms with Gasteiger partial charge in [-0.05, 0) is 24.6 Å². The minimum Gasteiger partial charge on any atom is -0.0979 e. The molecule has 0 aliphatic heterocycles. The molecule has 0 saturated carbocycles. The molecule has 61 valence electrons. The van der Waals surface area contributed by atoms with Crippen LogP contribution in [0.2, 0.25) is 0 Å². The third-order valence-electron chi connectivity index (χ3n) is 1.61. The van der Waals surface area contributed by atoms with Crippen molar-refractivity contribution in [1.29, 1.82) is 0 Å². The Hall–Kier alpha value is -1.22. The van der Waals surface area contributed by atoms with Crippen molar-refractivity contribution in [2.24, 2.45) is 0 Å². The van der Waals surface area contributed by atoms with Gasteiger partial charge in [-0.2, -0.15) is 0 Å². The highest BCUT2D eigenvalue weighted by Crippen LogP contribution is 1.96.